The van der Waals surface area contributed by atoms with Crippen LogP contribution >= 0.6 is 22.9 Å². The van der Waals surface area contributed by atoms with E-state index in [4.69, 9.17) is 16.3 Å². The average molecular weight is 531 g/mol. The van der Waals surface area contributed by atoms with Crippen molar-refractivity contribution < 1.29 is 14.5 Å². The molecule has 0 aliphatic carbocycles. The average Bonchev–Trinajstić information content (AvgIpc) is 3.29. The molecule has 0 fully saturated rings. The fraction of sp³-hybridized carbons (Fsp3) is 0.138. The molecule has 1 unspecified atom stereocenters. The lowest BCUT2D eigenvalue weighted by molar-refractivity contribution is -0.384. The first-order valence-corrected chi connectivity index (χ1v) is 13.0. The van der Waals surface area contributed by atoms with Gasteiger partial charge in [-0.25, -0.2) is 0 Å². The molecule has 1 atom stereocenters. The number of nitro groups is 1. The molecule has 0 spiro atoms. The van der Waals surface area contributed by atoms with E-state index < -0.39 is 4.92 Å². The molecule has 0 aliphatic rings. The second-order valence-corrected chi connectivity index (χ2v) is 10.1. The number of thiophene rings is 1. The van der Waals surface area contributed by atoms with E-state index >= 15 is 0 Å². The van der Waals surface area contributed by atoms with Gasteiger partial charge in [0.15, 0.2) is 5.78 Å². The number of Topliss-reactive ketones (excluding diaryl/α,β-unsaturated/α-hetero) is 1. The number of carbonyl (C=O) groups is 1. The van der Waals surface area contributed by atoms with Crippen molar-refractivity contribution in [2.45, 2.75) is 12.5 Å². The van der Waals surface area contributed by atoms with Gasteiger partial charge in [0.05, 0.1) is 18.1 Å². The topological polar surface area (TPSA) is 81.5 Å². The molecule has 1 aromatic heterocycles. The van der Waals surface area contributed by atoms with E-state index in [0.717, 1.165) is 11.3 Å². The molecule has 6 nitrogen and oxygen atoms in total. The van der Waals surface area contributed by atoms with Crippen LogP contribution in [-0.4, -0.2) is 23.9 Å². The van der Waals surface area contributed by atoms with Gasteiger partial charge < -0.3 is 10.1 Å². The van der Waals surface area contributed by atoms with Crippen LogP contribution in [0.4, 0.5) is 5.69 Å². The lowest BCUT2D eigenvalue weighted by atomic mass is 10.0. The standard InChI is InChI=1S/C29H23ClN2O4S/c30-24-13-10-20(16-26(24)32(34)35)27(33)18-31-25(19-6-2-1-3-7-19)14-15-36-21-11-12-23-22-8-4-5-9-28(22)37-29(23)17-21/h1-13,16-17,25,31H,14-15,18H2. The Morgan fingerprint density at radius 3 is 2.51 bits per heavy atom. The zero-order chi connectivity index (χ0) is 25.8. The fourth-order valence-corrected chi connectivity index (χ4v) is 5.63. The van der Waals surface area contributed by atoms with Crippen molar-refractivity contribution in [1.29, 1.82) is 0 Å². The van der Waals surface area contributed by atoms with Crippen molar-refractivity contribution in [1.82, 2.24) is 5.32 Å². The van der Waals surface area contributed by atoms with Crippen molar-refractivity contribution in [2.24, 2.45) is 0 Å². The van der Waals surface area contributed by atoms with Crippen LogP contribution in [0.15, 0.2) is 91.0 Å². The summed E-state index contributed by atoms with van der Waals surface area (Å²) in [5, 5.41) is 17.0. The Morgan fingerprint density at radius 2 is 1.70 bits per heavy atom. The van der Waals surface area contributed by atoms with Crippen molar-refractivity contribution in [3.8, 4) is 5.75 Å². The van der Waals surface area contributed by atoms with Crippen molar-refractivity contribution >= 4 is 54.6 Å². The van der Waals surface area contributed by atoms with E-state index in [0.29, 0.717) is 13.0 Å². The number of carbonyl (C=O) groups excluding carboxylic acids is 1. The predicted octanol–water partition coefficient (Wildman–Crippen LogP) is 7.60. The Kier molecular flexibility index (Phi) is 7.46. The third-order valence-electron chi connectivity index (χ3n) is 6.20. The molecule has 8 heteroatoms. The largest absolute Gasteiger partial charge is 0.493 e. The molecule has 186 valence electrons. The Balaban J connectivity index is 1.26. The predicted molar refractivity (Wildman–Crippen MR) is 149 cm³/mol. The SMILES string of the molecule is O=C(CNC(CCOc1ccc2c(c1)sc1ccccc12)c1ccccc1)c1ccc(Cl)c([N+](=O)[O-])c1. The molecule has 1 N–H and O–H groups in total. The van der Waals surface area contributed by atoms with Gasteiger partial charge in [0.2, 0.25) is 0 Å². The van der Waals surface area contributed by atoms with Crippen LogP contribution in [-0.2, 0) is 0 Å². The number of ketones is 1. The summed E-state index contributed by atoms with van der Waals surface area (Å²) >= 11 is 7.63. The lowest BCUT2D eigenvalue weighted by Crippen LogP contribution is -2.29. The molecule has 0 bridgehead atoms. The molecule has 0 radical (unpaired) electrons. The highest BCUT2D eigenvalue weighted by Crippen LogP contribution is 2.35. The number of fused-ring (bicyclic) bond motifs is 3. The highest BCUT2D eigenvalue weighted by Gasteiger charge is 2.18. The summed E-state index contributed by atoms with van der Waals surface area (Å²) in [6.07, 6.45) is 0.627. The number of halogens is 1. The van der Waals surface area contributed by atoms with E-state index in [-0.39, 0.29) is 34.6 Å². The molecule has 0 amide bonds. The van der Waals surface area contributed by atoms with Crippen LogP contribution in [0, 0.1) is 10.1 Å². The van der Waals surface area contributed by atoms with Crippen LogP contribution < -0.4 is 10.1 Å². The minimum atomic E-state index is -0.590. The Morgan fingerprint density at radius 1 is 0.946 bits per heavy atom. The second kappa shape index (κ2) is 11.1. The molecular formula is C29H23ClN2O4S. The van der Waals surface area contributed by atoms with E-state index in [2.05, 4.69) is 35.6 Å². The molecule has 0 saturated heterocycles. The molecule has 37 heavy (non-hydrogen) atoms. The quantitative estimate of drug-likeness (QED) is 0.114. The van der Waals surface area contributed by atoms with Crippen molar-refractivity contribution in [2.75, 3.05) is 13.2 Å². The van der Waals surface area contributed by atoms with E-state index in [9.17, 15) is 14.9 Å². The second-order valence-electron chi connectivity index (χ2n) is 8.58. The van der Waals surface area contributed by atoms with Gasteiger partial charge in [-0.05, 0) is 42.0 Å². The summed E-state index contributed by atoms with van der Waals surface area (Å²) < 4.78 is 8.53. The summed E-state index contributed by atoms with van der Waals surface area (Å²) in [4.78, 5) is 23.4. The Hall–Kier alpha value is -3.78. The summed E-state index contributed by atoms with van der Waals surface area (Å²) in [6.45, 7) is 0.468. The molecular weight excluding hydrogens is 508 g/mol. The molecule has 5 aromatic rings. The zero-order valence-electron chi connectivity index (χ0n) is 19.7. The van der Waals surface area contributed by atoms with Gasteiger partial charge in [0.25, 0.3) is 5.69 Å². The summed E-state index contributed by atoms with van der Waals surface area (Å²) in [6, 6.07) is 28.3. The van der Waals surface area contributed by atoms with E-state index in [1.165, 1.54) is 38.4 Å². The fourth-order valence-electron chi connectivity index (χ4n) is 4.31. The summed E-state index contributed by atoms with van der Waals surface area (Å²) in [5.41, 5.74) is 0.986. The van der Waals surface area contributed by atoms with Gasteiger partial charge in [-0.1, -0.05) is 60.1 Å². The number of hydrogen-bond acceptors (Lipinski definition) is 6. The number of rotatable bonds is 10. The Labute approximate surface area is 222 Å². The maximum absolute atomic E-state index is 12.8. The first-order chi connectivity index (χ1) is 18.0. The first kappa shape index (κ1) is 24.9. The highest BCUT2D eigenvalue weighted by atomic mass is 35.5. The van der Waals surface area contributed by atoms with Gasteiger partial charge >= 0.3 is 0 Å². The maximum atomic E-state index is 12.8. The molecule has 0 aliphatic heterocycles. The minimum Gasteiger partial charge on any atom is -0.493 e. The number of nitrogens with one attached hydrogen (secondary N) is 1. The molecule has 0 saturated carbocycles. The van der Waals surface area contributed by atoms with Crippen molar-refractivity contribution in [3.63, 3.8) is 0 Å². The highest BCUT2D eigenvalue weighted by molar-refractivity contribution is 7.25. The monoisotopic (exact) mass is 530 g/mol. The van der Waals surface area contributed by atoms with Gasteiger partial charge in [0, 0.05) is 44.3 Å². The van der Waals surface area contributed by atoms with Crippen LogP contribution in [0.3, 0.4) is 0 Å². The minimum absolute atomic E-state index is 0.00246. The number of benzene rings is 4. The Bertz CT molecular complexity index is 1590. The molecule has 5 rings (SSSR count). The number of hydrogen-bond donors (Lipinski definition) is 1. The normalized spacial score (nSPS) is 12.0. The van der Waals surface area contributed by atoms with Gasteiger partial charge in [-0.15, -0.1) is 11.3 Å². The number of nitro benzene ring substituents is 1. The smallest absolute Gasteiger partial charge is 0.288 e. The number of nitrogens with zero attached hydrogens (tertiary/aromatic N) is 1. The van der Waals surface area contributed by atoms with Crippen LogP contribution in [0.25, 0.3) is 20.2 Å². The summed E-state index contributed by atoms with van der Waals surface area (Å²) in [5.74, 6) is 0.548. The van der Waals surface area contributed by atoms with Gasteiger partial charge in [0.1, 0.15) is 10.8 Å². The van der Waals surface area contributed by atoms with E-state index in [1.807, 2.05) is 42.5 Å². The van der Waals surface area contributed by atoms with Crippen LogP contribution in [0.2, 0.25) is 5.02 Å². The third-order valence-corrected chi connectivity index (χ3v) is 7.65. The zero-order valence-corrected chi connectivity index (χ0v) is 21.3. The molecule has 1 heterocycles. The third kappa shape index (κ3) is 5.64. The summed E-state index contributed by atoms with van der Waals surface area (Å²) in [7, 11) is 0. The van der Waals surface area contributed by atoms with Crippen molar-refractivity contribution in [3.05, 3.63) is 117 Å². The van der Waals surface area contributed by atoms with Gasteiger partial charge in [-0.2, -0.15) is 0 Å². The number of ether oxygens (including phenoxy) is 1. The first-order valence-electron chi connectivity index (χ1n) is 11.8. The van der Waals surface area contributed by atoms with Gasteiger partial charge in [-0.3, -0.25) is 14.9 Å². The molecule has 4 aromatic carbocycles. The van der Waals surface area contributed by atoms with Crippen LogP contribution in [0.1, 0.15) is 28.4 Å². The lowest BCUT2D eigenvalue weighted by Gasteiger charge is -2.19. The maximum Gasteiger partial charge on any atom is 0.288 e. The van der Waals surface area contributed by atoms with E-state index in [1.54, 1.807) is 11.3 Å². The van der Waals surface area contributed by atoms with Crippen LogP contribution in [0.5, 0.6) is 5.75 Å².